The van der Waals surface area contributed by atoms with E-state index in [1.165, 1.54) is 43.9 Å². The van der Waals surface area contributed by atoms with Crippen LogP contribution in [-0.2, 0) is 16.0 Å². The average Bonchev–Trinajstić information content (AvgIpc) is 2.86. The molecule has 35 heavy (non-hydrogen) atoms. The third-order valence-electron chi connectivity index (χ3n) is 7.18. The Balaban J connectivity index is 1.68. The average molecular weight is 503 g/mol. The predicted molar refractivity (Wildman–Crippen MR) is 142 cm³/mol. The number of nitrogens with zero attached hydrogens (tertiary/aromatic N) is 3. The fourth-order valence-corrected chi connectivity index (χ4v) is 5.57. The van der Waals surface area contributed by atoms with Crippen LogP contribution >= 0.6 is 11.8 Å². The van der Waals surface area contributed by atoms with Crippen molar-refractivity contribution in [3.05, 3.63) is 35.9 Å². The summed E-state index contributed by atoms with van der Waals surface area (Å²) in [6, 6.07) is 9.08. The van der Waals surface area contributed by atoms with Crippen LogP contribution in [0.25, 0.3) is 0 Å². The third kappa shape index (κ3) is 9.49. The van der Waals surface area contributed by atoms with Gasteiger partial charge in [-0.1, -0.05) is 74.2 Å². The zero-order valence-corrected chi connectivity index (χ0v) is 22.2. The monoisotopic (exact) mass is 502 g/mol. The van der Waals surface area contributed by atoms with Gasteiger partial charge >= 0.3 is 6.03 Å². The number of carbonyl (C=O) groups is 3. The minimum Gasteiger partial charge on any atom is -0.338 e. The lowest BCUT2D eigenvalue weighted by Gasteiger charge is -2.35. The van der Waals surface area contributed by atoms with E-state index in [0.717, 1.165) is 25.1 Å². The van der Waals surface area contributed by atoms with Crippen molar-refractivity contribution >= 4 is 28.8 Å². The number of nitrogens with one attached hydrogen (secondary N) is 1. The van der Waals surface area contributed by atoms with Gasteiger partial charge in [0.25, 0.3) is 0 Å². The van der Waals surface area contributed by atoms with Crippen molar-refractivity contribution in [2.75, 3.05) is 52.1 Å². The van der Waals surface area contributed by atoms with Crippen LogP contribution in [0.3, 0.4) is 0 Å². The first kappa shape index (κ1) is 27.5. The molecule has 3 amide bonds. The van der Waals surface area contributed by atoms with Gasteiger partial charge in [-0.2, -0.15) is 0 Å². The van der Waals surface area contributed by atoms with Crippen molar-refractivity contribution in [2.24, 2.45) is 5.92 Å². The van der Waals surface area contributed by atoms with E-state index in [-0.39, 0.29) is 17.1 Å². The minimum atomic E-state index is -0.606. The molecule has 2 aliphatic rings. The van der Waals surface area contributed by atoms with E-state index >= 15 is 0 Å². The predicted octanol–water partition coefficient (Wildman–Crippen LogP) is 3.63. The summed E-state index contributed by atoms with van der Waals surface area (Å²) in [5.41, 5.74) is 1.03. The van der Waals surface area contributed by atoms with Crippen LogP contribution in [-0.4, -0.2) is 89.9 Å². The van der Waals surface area contributed by atoms with Gasteiger partial charge in [-0.05, 0) is 24.9 Å². The molecule has 1 heterocycles. The number of rotatable bonds is 10. The molecule has 194 valence electrons. The molecule has 1 atom stereocenters. The zero-order chi connectivity index (χ0) is 25.0. The molecule has 1 aliphatic heterocycles. The number of piperazine rings is 1. The van der Waals surface area contributed by atoms with Crippen LogP contribution in [0.2, 0.25) is 0 Å². The Morgan fingerprint density at radius 1 is 1.03 bits per heavy atom. The summed E-state index contributed by atoms with van der Waals surface area (Å²) in [5.74, 6) is 1.22. The van der Waals surface area contributed by atoms with Crippen LogP contribution in [0.4, 0.5) is 4.79 Å². The highest BCUT2D eigenvalue weighted by Gasteiger charge is 2.30. The van der Waals surface area contributed by atoms with E-state index in [4.69, 9.17) is 0 Å². The number of hydrogen-bond acceptors (Lipinski definition) is 5. The van der Waals surface area contributed by atoms with Gasteiger partial charge in [0.15, 0.2) is 5.12 Å². The minimum absolute atomic E-state index is 0.0133. The molecule has 1 saturated carbocycles. The highest BCUT2D eigenvalue weighted by atomic mass is 32.2. The van der Waals surface area contributed by atoms with Gasteiger partial charge in [0, 0.05) is 58.4 Å². The normalized spacial score (nSPS) is 18.2. The number of likely N-dealkylation sites (N-methyl/N-ethyl adjacent to an activating group) is 1. The molecule has 0 aromatic heterocycles. The number of carbonyl (C=O) groups excluding carboxylic acids is 3. The quantitative estimate of drug-likeness (QED) is 0.529. The second kappa shape index (κ2) is 14.5. The van der Waals surface area contributed by atoms with Crippen molar-refractivity contribution in [1.29, 1.82) is 0 Å². The van der Waals surface area contributed by atoms with E-state index in [1.54, 1.807) is 6.92 Å². The Labute approximate surface area is 215 Å². The summed E-state index contributed by atoms with van der Waals surface area (Å²) in [5, 5.41) is 3.15. The van der Waals surface area contributed by atoms with Crippen molar-refractivity contribution in [2.45, 2.75) is 57.9 Å². The van der Waals surface area contributed by atoms with Crippen LogP contribution in [0, 0.1) is 5.92 Å². The van der Waals surface area contributed by atoms with Gasteiger partial charge in [-0.3, -0.25) is 9.59 Å². The maximum atomic E-state index is 13.5. The summed E-state index contributed by atoms with van der Waals surface area (Å²) < 4.78 is 0. The fourth-order valence-electron chi connectivity index (χ4n) is 4.97. The maximum Gasteiger partial charge on any atom is 0.318 e. The first-order valence-electron chi connectivity index (χ1n) is 13.1. The van der Waals surface area contributed by atoms with Crippen molar-refractivity contribution in [3.63, 3.8) is 0 Å². The maximum absolute atomic E-state index is 13.5. The fraction of sp³-hybridized carbons (Fsp3) is 0.667. The van der Waals surface area contributed by atoms with Gasteiger partial charge in [0.2, 0.25) is 5.91 Å². The summed E-state index contributed by atoms with van der Waals surface area (Å²) in [4.78, 5) is 44.4. The first-order chi connectivity index (χ1) is 16.9. The van der Waals surface area contributed by atoms with Crippen molar-refractivity contribution in [3.8, 4) is 0 Å². The molecule has 7 nitrogen and oxygen atoms in total. The van der Waals surface area contributed by atoms with Crippen molar-refractivity contribution < 1.29 is 14.4 Å². The highest BCUT2D eigenvalue weighted by molar-refractivity contribution is 8.13. The van der Waals surface area contributed by atoms with Gasteiger partial charge in [-0.15, -0.1) is 0 Å². The first-order valence-corrected chi connectivity index (χ1v) is 14.1. The van der Waals surface area contributed by atoms with Crippen LogP contribution in [0.5, 0.6) is 0 Å². The number of amides is 3. The molecule has 1 N–H and O–H groups in total. The smallest absolute Gasteiger partial charge is 0.318 e. The molecule has 3 rings (SSSR count). The Morgan fingerprint density at radius 2 is 1.71 bits per heavy atom. The van der Waals surface area contributed by atoms with E-state index in [9.17, 15) is 14.4 Å². The molecule has 1 unspecified atom stereocenters. The Morgan fingerprint density at radius 3 is 2.37 bits per heavy atom. The van der Waals surface area contributed by atoms with Crippen LogP contribution in [0.1, 0.15) is 51.0 Å². The Bertz CT molecular complexity index is 808. The molecule has 1 aliphatic carbocycles. The second-order valence-corrected chi connectivity index (χ2v) is 11.2. The van der Waals surface area contributed by atoms with E-state index in [2.05, 4.69) is 17.3 Å². The number of benzene rings is 1. The largest absolute Gasteiger partial charge is 0.338 e. The lowest BCUT2D eigenvalue weighted by Crippen LogP contribution is -2.57. The summed E-state index contributed by atoms with van der Waals surface area (Å²) in [6.45, 7) is 5.76. The van der Waals surface area contributed by atoms with Gasteiger partial charge < -0.3 is 20.0 Å². The number of thioether (sulfide) groups is 1. The summed E-state index contributed by atoms with van der Waals surface area (Å²) >= 11 is 1.25. The molecular weight excluding hydrogens is 460 g/mol. The van der Waals surface area contributed by atoms with Crippen molar-refractivity contribution in [1.82, 2.24) is 20.0 Å². The molecule has 1 saturated heterocycles. The summed E-state index contributed by atoms with van der Waals surface area (Å²) in [6.07, 6.45) is 7.77. The van der Waals surface area contributed by atoms with E-state index < -0.39 is 6.04 Å². The standard InChI is InChI=1S/C27H42N4O3S/c1-22(32)35-20-19-31(14-13-23-9-5-3-6-10-23)27(34)28-25(21-24-11-7-4-8-12-24)26(33)30-17-15-29(2)16-18-30/h4,7-8,11-12,23,25H,3,5-6,9-10,13-21H2,1-2H3,(H,28,34). The van der Waals surface area contributed by atoms with Gasteiger partial charge in [0.1, 0.15) is 6.04 Å². The summed E-state index contributed by atoms with van der Waals surface area (Å²) in [7, 11) is 2.06. The molecule has 0 spiro atoms. The third-order valence-corrected chi connectivity index (χ3v) is 7.97. The molecular formula is C27H42N4O3S. The molecule has 8 heteroatoms. The molecule has 0 radical (unpaired) electrons. The molecule has 1 aromatic carbocycles. The second-order valence-electron chi connectivity index (χ2n) is 9.94. The molecule has 2 fully saturated rings. The Kier molecular flexibility index (Phi) is 11.4. The van der Waals surface area contributed by atoms with Gasteiger partial charge in [-0.25, -0.2) is 4.79 Å². The number of urea groups is 1. The molecule has 1 aromatic rings. The zero-order valence-electron chi connectivity index (χ0n) is 21.4. The Hall–Kier alpha value is -2.06. The van der Waals surface area contributed by atoms with E-state index in [1.807, 2.05) is 40.1 Å². The highest BCUT2D eigenvalue weighted by Crippen LogP contribution is 2.26. The van der Waals surface area contributed by atoms with E-state index in [0.29, 0.717) is 44.3 Å². The SMILES string of the molecule is CC(=O)SCCN(CCC1CCCCC1)C(=O)NC(Cc1ccccc1)C(=O)N1CCN(C)CC1. The number of hydrogen-bond donors (Lipinski definition) is 1. The molecule has 0 bridgehead atoms. The lowest BCUT2D eigenvalue weighted by atomic mass is 9.87. The lowest BCUT2D eigenvalue weighted by molar-refractivity contribution is -0.134. The van der Waals surface area contributed by atoms with Crippen LogP contribution < -0.4 is 5.32 Å². The van der Waals surface area contributed by atoms with Gasteiger partial charge in [0.05, 0.1) is 0 Å². The topological polar surface area (TPSA) is 73.0 Å². The van der Waals surface area contributed by atoms with Crippen LogP contribution in [0.15, 0.2) is 30.3 Å².